The molecule has 4 aromatic rings. The van der Waals surface area contributed by atoms with Crippen LogP contribution in [0, 0.1) is 11.7 Å². The van der Waals surface area contributed by atoms with E-state index < -0.39 is 17.6 Å². The van der Waals surface area contributed by atoms with Gasteiger partial charge in [0.15, 0.2) is 0 Å². The molecule has 0 atom stereocenters. The summed E-state index contributed by atoms with van der Waals surface area (Å²) in [4.78, 5) is 7.29. The fraction of sp³-hybridized carbons (Fsp3) is 0.364. The van der Waals surface area contributed by atoms with Gasteiger partial charge in [0.25, 0.3) is 0 Å². The zero-order valence-corrected chi connectivity index (χ0v) is 24.4. The van der Waals surface area contributed by atoms with Gasteiger partial charge in [-0.15, -0.1) is 0 Å². The highest BCUT2D eigenvalue weighted by molar-refractivity contribution is 5.61. The molecular formula is C33H37F4N3O2. The van der Waals surface area contributed by atoms with Gasteiger partial charge < -0.3 is 18.9 Å². The number of imidazole rings is 1. The number of alkyl halides is 3. The third kappa shape index (κ3) is 8.12. The van der Waals surface area contributed by atoms with E-state index in [4.69, 9.17) is 14.5 Å². The largest absolute Gasteiger partial charge is 0.494 e. The lowest BCUT2D eigenvalue weighted by atomic mass is 10.1. The van der Waals surface area contributed by atoms with E-state index in [1.54, 1.807) is 12.1 Å². The molecular weight excluding hydrogens is 546 g/mol. The molecule has 0 bridgehead atoms. The first-order valence-electron chi connectivity index (χ1n) is 14.3. The molecule has 0 saturated heterocycles. The van der Waals surface area contributed by atoms with Crippen molar-refractivity contribution in [3.05, 3.63) is 90.1 Å². The lowest BCUT2D eigenvalue weighted by Gasteiger charge is -2.17. The highest BCUT2D eigenvalue weighted by Gasteiger charge is 2.34. The number of ether oxygens (including phenoxy) is 2. The molecule has 0 aliphatic rings. The van der Waals surface area contributed by atoms with Crippen molar-refractivity contribution in [2.24, 2.45) is 5.92 Å². The molecule has 3 aromatic carbocycles. The molecule has 0 N–H and O–H groups in total. The molecule has 0 aliphatic carbocycles. The van der Waals surface area contributed by atoms with E-state index in [1.165, 1.54) is 6.07 Å². The van der Waals surface area contributed by atoms with Crippen LogP contribution in [0.5, 0.6) is 17.2 Å². The number of halogens is 4. The summed E-state index contributed by atoms with van der Waals surface area (Å²) in [7, 11) is 0. The maximum Gasteiger partial charge on any atom is 0.419 e. The molecule has 224 valence electrons. The predicted octanol–water partition coefficient (Wildman–Crippen LogP) is 8.80. The minimum absolute atomic E-state index is 0.0989. The molecule has 0 fully saturated rings. The summed E-state index contributed by atoms with van der Waals surface area (Å²) in [6.07, 6.45) is -1.11. The van der Waals surface area contributed by atoms with Crippen molar-refractivity contribution in [1.82, 2.24) is 14.5 Å². The van der Waals surface area contributed by atoms with Gasteiger partial charge in [0.1, 0.15) is 28.9 Å². The van der Waals surface area contributed by atoms with Crippen LogP contribution in [-0.4, -0.2) is 40.7 Å². The molecule has 0 unspecified atom stereocenters. The molecule has 0 spiro atoms. The van der Waals surface area contributed by atoms with Crippen LogP contribution in [-0.2, 0) is 12.6 Å². The Kier molecular flexibility index (Phi) is 10.3. The van der Waals surface area contributed by atoms with E-state index in [1.807, 2.05) is 47.2 Å². The van der Waals surface area contributed by atoms with Gasteiger partial charge in [-0.2, -0.15) is 13.2 Å². The number of rotatable bonds is 13. The normalized spacial score (nSPS) is 11.9. The van der Waals surface area contributed by atoms with Crippen LogP contribution >= 0.6 is 0 Å². The van der Waals surface area contributed by atoms with E-state index in [-0.39, 0.29) is 5.75 Å². The van der Waals surface area contributed by atoms with Gasteiger partial charge in [0, 0.05) is 30.4 Å². The Morgan fingerprint density at radius 3 is 2.14 bits per heavy atom. The van der Waals surface area contributed by atoms with Crippen LogP contribution in [0.15, 0.2) is 72.9 Å². The fourth-order valence-electron chi connectivity index (χ4n) is 4.63. The minimum Gasteiger partial charge on any atom is -0.494 e. The number of benzene rings is 3. The smallest absolute Gasteiger partial charge is 0.419 e. The summed E-state index contributed by atoms with van der Waals surface area (Å²) in [6, 6.07) is 17.5. The molecule has 0 aliphatic heterocycles. The van der Waals surface area contributed by atoms with Crippen molar-refractivity contribution in [2.45, 2.75) is 46.7 Å². The average Bonchev–Trinajstić information content (AvgIpc) is 3.37. The molecule has 1 heterocycles. The summed E-state index contributed by atoms with van der Waals surface area (Å²) in [6.45, 7) is 12.3. The van der Waals surface area contributed by atoms with Crippen LogP contribution in [0.4, 0.5) is 17.6 Å². The van der Waals surface area contributed by atoms with E-state index >= 15 is 0 Å². The van der Waals surface area contributed by atoms with Crippen molar-refractivity contribution >= 4 is 0 Å². The number of hydrogen-bond acceptors (Lipinski definition) is 4. The summed E-state index contributed by atoms with van der Waals surface area (Å²) >= 11 is 0. The Morgan fingerprint density at radius 2 is 1.52 bits per heavy atom. The van der Waals surface area contributed by atoms with Crippen molar-refractivity contribution < 1.29 is 27.0 Å². The van der Waals surface area contributed by atoms with Gasteiger partial charge in [0.2, 0.25) is 0 Å². The molecule has 5 nitrogen and oxygen atoms in total. The zero-order chi connectivity index (χ0) is 30.3. The van der Waals surface area contributed by atoms with Crippen molar-refractivity contribution in [3.8, 4) is 34.2 Å². The van der Waals surface area contributed by atoms with Crippen molar-refractivity contribution in [2.75, 3.05) is 26.2 Å². The third-order valence-corrected chi connectivity index (χ3v) is 6.90. The predicted molar refractivity (Wildman–Crippen MR) is 157 cm³/mol. The summed E-state index contributed by atoms with van der Waals surface area (Å²) in [5, 5.41) is 0. The summed E-state index contributed by atoms with van der Waals surface area (Å²) < 4.78 is 66.4. The molecule has 0 radical (unpaired) electrons. The van der Waals surface area contributed by atoms with Crippen molar-refractivity contribution in [1.29, 1.82) is 0 Å². The van der Waals surface area contributed by atoms with E-state index in [0.717, 1.165) is 67.1 Å². The number of aromatic nitrogens is 2. The van der Waals surface area contributed by atoms with E-state index in [2.05, 4.69) is 32.6 Å². The topological polar surface area (TPSA) is 39.5 Å². The average molecular weight is 584 g/mol. The van der Waals surface area contributed by atoms with Crippen LogP contribution in [0.1, 0.15) is 45.5 Å². The molecule has 4 rings (SSSR count). The van der Waals surface area contributed by atoms with Crippen LogP contribution < -0.4 is 9.47 Å². The number of hydrogen-bond donors (Lipinski definition) is 0. The monoisotopic (exact) mass is 583 g/mol. The molecule has 1 aromatic heterocycles. The Hall–Kier alpha value is -3.85. The van der Waals surface area contributed by atoms with Crippen molar-refractivity contribution in [3.63, 3.8) is 0 Å². The maximum atomic E-state index is 13.6. The van der Waals surface area contributed by atoms with Gasteiger partial charge in [-0.05, 0) is 92.2 Å². The number of nitrogens with zero attached hydrogens (tertiary/aromatic N) is 3. The lowest BCUT2D eigenvalue weighted by molar-refractivity contribution is -0.140. The van der Waals surface area contributed by atoms with Crippen LogP contribution in [0.2, 0.25) is 0 Å². The molecule has 42 heavy (non-hydrogen) atoms. The SMILES string of the molecule is CCN(CC)CCCOc1ccc(-c2cn(-c3ccc(Oc4ccc(F)c(C(F)(F)F)c4)cc3)c(CC(C)C)n2)cc1. The first-order valence-corrected chi connectivity index (χ1v) is 14.3. The van der Waals surface area contributed by atoms with Gasteiger partial charge in [-0.3, -0.25) is 0 Å². The standard InChI is InChI=1S/C33H37F4N3O2/c1-5-39(6-2)18-7-19-41-26-12-8-24(9-13-26)31-22-40(32(38-31)20-23(3)4)25-10-14-27(15-11-25)42-28-16-17-30(34)29(21-28)33(35,36)37/h8-17,21-23H,5-7,18-20H2,1-4H3. The molecule has 0 amide bonds. The third-order valence-electron chi connectivity index (χ3n) is 6.90. The second-order valence-corrected chi connectivity index (χ2v) is 10.5. The first kappa shape index (κ1) is 31.1. The second-order valence-electron chi connectivity index (χ2n) is 10.5. The Labute approximate surface area is 244 Å². The second kappa shape index (κ2) is 13.9. The Morgan fingerprint density at radius 1 is 0.881 bits per heavy atom. The maximum absolute atomic E-state index is 13.6. The molecule has 0 saturated carbocycles. The van der Waals surface area contributed by atoms with Gasteiger partial charge in [-0.25, -0.2) is 9.37 Å². The minimum atomic E-state index is -4.81. The Balaban J connectivity index is 1.48. The molecule has 9 heteroatoms. The van der Waals surface area contributed by atoms with Gasteiger partial charge in [-0.1, -0.05) is 27.7 Å². The van der Waals surface area contributed by atoms with Crippen LogP contribution in [0.3, 0.4) is 0 Å². The summed E-state index contributed by atoms with van der Waals surface area (Å²) in [5.74, 6) is 0.968. The highest BCUT2D eigenvalue weighted by atomic mass is 19.4. The van der Waals surface area contributed by atoms with E-state index in [9.17, 15) is 17.6 Å². The van der Waals surface area contributed by atoms with Crippen LogP contribution in [0.25, 0.3) is 16.9 Å². The Bertz CT molecular complexity index is 1430. The first-order chi connectivity index (χ1) is 20.1. The fourth-order valence-corrected chi connectivity index (χ4v) is 4.63. The summed E-state index contributed by atoms with van der Waals surface area (Å²) in [5.41, 5.74) is 1.26. The lowest BCUT2D eigenvalue weighted by Crippen LogP contribution is -2.25. The quantitative estimate of drug-likeness (QED) is 0.117. The van der Waals surface area contributed by atoms with E-state index in [0.29, 0.717) is 24.3 Å². The highest BCUT2D eigenvalue weighted by Crippen LogP contribution is 2.35. The van der Waals surface area contributed by atoms with Gasteiger partial charge in [0.05, 0.1) is 17.9 Å². The van der Waals surface area contributed by atoms with Gasteiger partial charge >= 0.3 is 6.18 Å². The zero-order valence-electron chi connectivity index (χ0n) is 24.4.